The highest BCUT2D eigenvalue weighted by atomic mass is 16.5. The van der Waals surface area contributed by atoms with Crippen molar-refractivity contribution in [2.75, 3.05) is 18.0 Å². The van der Waals surface area contributed by atoms with E-state index in [1.54, 1.807) is 0 Å². The van der Waals surface area contributed by atoms with Gasteiger partial charge in [-0.15, -0.1) is 0 Å². The third kappa shape index (κ3) is 3.45. The minimum absolute atomic E-state index is 0.0602. The molecule has 1 aliphatic rings. The average Bonchev–Trinajstić information content (AvgIpc) is 2.37. The maximum Gasteiger partial charge on any atom is 0.129 e. The lowest BCUT2D eigenvalue weighted by molar-refractivity contribution is -0.00547. The fourth-order valence-corrected chi connectivity index (χ4v) is 2.51. The second-order valence-electron chi connectivity index (χ2n) is 5.73. The second kappa shape index (κ2) is 5.88. The summed E-state index contributed by atoms with van der Waals surface area (Å²) in [5.41, 5.74) is 1.97. The van der Waals surface area contributed by atoms with Crippen LogP contribution in [0, 0.1) is 0 Å². The number of aliphatic hydroxyl groups is 1. The normalized spacial score (nSPS) is 24.0. The number of rotatable bonds is 3. The number of aliphatic hydroxyl groups excluding tert-OH is 1. The number of morpholine rings is 1. The summed E-state index contributed by atoms with van der Waals surface area (Å²) in [5.74, 6) is 1.32. The van der Waals surface area contributed by atoms with Gasteiger partial charge in [0.25, 0.3) is 0 Å². The third-order valence-corrected chi connectivity index (χ3v) is 3.41. The van der Waals surface area contributed by atoms with Gasteiger partial charge in [-0.05, 0) is 37.5 Å². The third-order valence-electron chi connectivity index (χ3n) is 3.41. The lowest BCUT2D eigenvalue weighted by Crippen LogP contribution is -2.46. The molecule has 1 fully saturated rings. The first-order valence-corrected chi connectivity index (χ1v) is 7.01. The van der Waals surface area contributed by atoms with Crippen LogP contribution in [0.15, 0.2) is 12.1 Å². The fraction of sp³-hybridized carbons (Fsp3) is 0.667. The smallest absolute Gasteiger partial charge is 0.129 e. The molecule has 0 saturated carbocycles. The lowest BCUT2D eigenvalue weighted by Gasteiger charge is -2.36. The highest BCUT2D eigenvalue weighted by Crippen LogP contribution is 2.23. The lowest BCUT2D eigenvalue weighted by atomic mass is 10.1. The molecule has 0 aromatic carbocycles. The molecule has 1 aromatic rings. The van der Waals surface area contributed by atoms with Crippen molar-refractivity contribution in [3.05, 3.63) is 23.4 Å². The van der Waals surface area contributed by atoms with Crippen molar-refractivity contribution in [3.8, 4) is 0 Å². The Hall–Kier alpha value is -1.13. The number of ether oxygens (including phenoxy) is 1. The Balaban J connectivity index is 2.30. The van der Waals surface area contributed by atoms with Gasteiger partial charge in [-0.25, -0.2) is 4.98 Å². The SMILES string of the molecule is CC1CN(c2cc(CO)cc(C(C)C)n2)CC(C)O1. The zero-order chi connectivity index (χ0) is 14.0. The van der Waals surface area contributed by atoms with Crippen molar-refractivity contribution in [2.45, 2.75) is 52.4 Å². The van der Waals surface area contributed by atoms with E-state index in [1.165, 1.54) is 0 Å². The Bertz CT molecular complexity index is 424. The van der Waals surface area contributed by atoms with E-state index in [2.05, 4.69) is 32.6 Å². The Morgan fingerprint density at radius 3 is 2.47 bits per heavy atom. The zero-order valence-electron chi connectivity index (χ0n) is 12.3. The van der Waals surface area contributed by atoms with Crippen LogP contribution in [-0.2, 0) is 11.3 Å². The van der Waals surface area contributed by atoms with E-state index >= 15 is 0 Å². The number of hydrogen-bond acceptors (Lipinski definition) is 4. The molecule has 1 saturated heterocycles. The van der Waals surface area contributed by atoms with Gasteiger partial charge in [0.2, 0.25) is 0 Å². The standard InChI is InChI=1S/C15H24N2O2/c1-10(2)14-5-13(9-18)6-15(16-14)17-7-11(3)19-12(4)8-17/h5-6,10-12,18H,7-9H2,1-4H3. The second-order valence-corrected chi connectivity index (χ2v) is 5.73. The first kappa shape index (κ1) is 14.3. The van der Waals surface area contributed by atoms with Gasteiger partial charge < -0.3 is 14.7 Å². The quantitative estimate of drug-likeness (QED) is 0.910. The van der Waals surface area contributed by atoms with E-state index < -0.39 is 0 Å². The van der Waals surface area contributed by atoms with Crippen LogP contribution < -0.4 is 4.90 Å². The van der Waals surface area contributed by atoms with Gasteiger partial charge in [0.15, 0.2) is 0 Å². The Kier molecular flexibility index (Phi) is 4.42. The van der Waals surface area contributed by atoms with Crippen molar-refractivity contribution >= 4 is 5.82 Å². The number of aromatic nitrogens is 1. The predicted molar refractivity (Wildman–Crippen MR) is 76.5 cm³/mol. The van der Waals surface area contributed by atoms with Gasteiger partial charge in [-0.1, -0.05) is 13.8 Å². The van der Waals surface area contributed by atoms with Crippen molar-refractivity contribution < 1.29 is 9.84 Å². The van der Waals surface area contributed by atoms with E-state index in [0.717, 1.165) is 30.2 Å². The summed E-state index contributed by atoms with van der Waals surface area (Å²) in [6.45, 7) is 10.2. The molecule has 0 radical (unpaired) electrons. The summed E-state index contributed by atoms with van der Waals surface area (Å²) in [7, 11) is 0. The molecule has 2 unspecified atom stereocenters. The number of nitrogens with zero attached hydrogens (tertiary/aromatic N) is 2. The molecule has 2 heterocycles. The van der Waals surface area contributed by atoms with Crippen LogP contribution in [0.2, 0.25) is 0 Å². The molecule has 0 amide bonds. The molecule has 106 valence electrons. The van der Waals surface area contributed by atoms with Gasteiger partial charge in [-0.2, -0.15) is 0 Å². The van der Waals surface area contributed by atoms with Crippen molar-refractivity contribution in [1.29, 1.82) is 0 Å². The number of anilines is 1. The van der Waals surface area contributed by atoms with Crippen molar-refractivity contribution in [2.24, 2.45) is 0 Å². The molecule has 2 rings (SSSR count). The molecule has 1 aromatic heterocycles. The summed E-state index contributed by atoms with van der Waals surface area (Å²) in [4.78, 5) is 6.99. The van der Waals surface area contributed by atoms with Crippen LogP contribution in [0.25, 0.3) is 0 Å². The average molecular weight is 264 g/mol. The Morgan fingerprint density at radius 2 is 1.95 bits per heavy atom. The summed E-state index contributed by atoms with van der Waals surface area (Å²) in [6, 6.07) is 3.97. The minimum atomic E-state index is 0.0602. The predicted octanol–water partition coefficient (Wildman–Crippen LogP) is 2.31. The summed E-state index contributed by atoms with van der Waals surface area (Å²) in [6.07, 6.45) is 0.427. The van der Waals surface area contributed by atoms with Crippen LogP contribution in [-0.4, -0.2) is 35.4 Å². The fourth-order valence-electron chi connectivity index (χ4n) is 2.51. The van der Waals surface area contributed by atoms with Gasteiger partial charge in [0.05, 0.1) is 18.8 Å². The molecule has 0 aliphatic carbocycles. The molecule has 4 heteroatoms. The largest absolute Gasteiger partial charge is 0.392 e. The first-order valence-electron chi connectivity index (χ1n) is 7.01. The van der Waals surface area contributed by atoms with E-state index in [-0.39, 0.29) is 18.8 Å². The van der Waals surface area contributed by atoms with Gasteiger partial charge in [-0.3, -0.25) is 0 Å². The highest BCUT2D eigenvalue weighted by Gasteiger charge is 2.23. The van der Waals surface area contributed by atoms with E-state index in [1.807, 2.05) is 12.1 Å². The van der Waals surface area contributed by atoms with Crippen LogP contribution in [0.3, 0.4) is 0 Å². The Morgan fingerprint density at radius 1 is 1.32 bits per heavy atom. The molecule has 2 atom stereocenters. The van der Waals surface area contributed by atoms with Crippen LogP contribution in [0.4, 0.5) is 5.82 Å². The van der Waals surface area contributed by atoms with Gasteiger partial charge >= 0.3 is 0 Å². The van der Waals surface area contributed by atoms with E-state index in [0.29, 0.717) is 5.92 Å². The van der Waals surface area contributed by atoms with E-state index in [9.17, 15) is 5.11 Å². The molecular formula is C15H24N2O2. The molecule has 1 N–H and O–H groups in total. The highest BCUT2D eigenvalue weighted by molar-refractivity contribution is 5.44. The molecular weight excluding hydrogens is 240 g/mol. The van der Waals surface area contributed by atoms with Crippen LogP contribution in [0.1, 0.15) is 44.9 Å². The summed E-state index contributed by atoms with van der Waals surface area (Å²) >= 11 is 0. The topological polar surface area (TPSA) is 45.6 Å². The number of pyridine rings is 1. The van der Waals surface area contributed by atoms with Crippen LogP contribution in [0.5, 0.6) is 0 Å². The molecule has 1 aliphatic heterocycles. The van der Waals surface area contributed by atoms with Crippen LogP contribution >= 0.6 is 0 Å². The maximum atomic E-state index is 9.40. The molecule has 0 bridgehead atoms. The number of hydrogen-bond donors (Lipinski definition) is 1. The zero-order valence-corrected chi connectivity index (χ0v) is 12.3. The minimum Gasteiger partial charge on any atom is -0.392 e. The van der Waals surface area contributed by atoms with E-state index in [4.69, 9.17) is 9.72 Å². The Labute approximate surface area is 115 Å². The summed E-state index contributed by atoms with van der Waals surface area (Å²) < 4.78 is 5.75. The van der Waals surface area contributed by atoms with Crippen molar-refractivity contribution in [1.82, 2.24) is 4.98 Å². The molecule has 19 heavy (non-hydrogen) atoms. The molecule has 0 spiro atoms. The molecule has 4 nitrogen and oxygen atoms in total. The summed E-state index contributed by atoms with van der Waals surface area (Å²) in [5, 5.41) is 9.40. The van der Waals surface area contributed by atoms with Gasteiger partial charge in [0, 0.05) is 18.8 Å². The first-order chi connectivity index (χ1) is 8.99. The monoisotopic (exact) mass is 264 g/mol. The van der Waals surface area contributed by atoms with Crippen molar-refractivity contribution in [3.63, 3.8) is 0 Å². The van der Waals surface area contributed by atoms with Gasteiger partial charge in [0.1, 0.15) is 5.82 Å². The maximum absolute atomic E-state index is 9.40.